The van der Waals surface area contributed by atoms with Gasteiger partial charge in [0.05, 0.1) is 29.8 Å². The average molecular weight is 486 g/mol. The first-order valence-corrected chi connectivity index (χ1v) is 12.1. The maximum absolute atomic E-state index is 13.3. The van der Waals surface area contributed by atoms with Crippen molar-refractivity contribution < 1.29 is 4.79 Å². The van der Waals surface area contributed by atoms with Crippen LogP contribution in [0.4, 0.5) is 5.69 Å². The summed E-state index contributed by atoms with van der Waals surface area (Å²) < 4.78 is 5.65. The molecule has 4 heterocycles. The highest BCUT2D eigenvalue weighted by Crippen LogP contribution is 2.27. The molecule has 0 saturated carbocycles. The number of aromatic nitrogens is 6. The van der Waals surface area contributed by atoms with E-state index < -0.39 is 0 Å². The Balaban J connectivity index is 1.24. The molecule has 8 nitrogen and oxygen atoms in total. The third-order valence-electron chi connectivity index (χ3n) is 6.35. The molecule has 0 bridgehead atoms. The number of imidazole rings is 1. The Morgan fingerprint density at radius 2 is 1.89 bits per heavy atom. The summed E-state index contributed by atoms with van der Waals surface area (Å²) >= 11 is 6.08. The largest absolute Gasteiger partial charge is 0.318 e. The van der Waals surface area contributed by atoms with E-state index in [-0.39, 0.29) is 5.91 Å². The van der Waals surface area contributed by atoms with Crippen LogP contribution in [0.15, 0.2) is 67.3 Å². The van der Waals surface area contributed by atoms with Gasteiger partial charge in [0.1, 0.15) is 5.65 Å². The van der Waals surface area contributed by atoms with E-state index in [1.54, 1.807) is 10.9 Å². The minimum absolute atomic E-state index is 0.219. The van der Waals surface area contributed by atoms with Crippen LogP contribution < -0.4 is 5.32 Å². The fourth-order valence-electron chi connectivity index (χ4n) is 4.69. The zero-order valence-corrected chi connectivity index (χ0v) is 19.8. The Hall–Kier alpha value is -3.91. The van der Waals surface area contributed by atoms with E-state index in [1.165, 1.54) is 0 Å². The van der Waals surface area contributed by atoms with Gasteiger partial charge < -0.3 is 9.72 Å². The van der Waals surface area contributed by atoms with Crippen LogP contribution in [0.1, 0.15) is 46.7 Å². The molecule has 9 heteroatoms. The van der Waals surface area contributed by atoms with E-state index >= 15 is 0 Å². The molecule has 0 saturated heterocycles. The molecule has 6 rings (SSSR count). The number of hydrogen-bond acceptors (Lipinski definition) is 4. The molecule has 35 heavy (non-hydrogen) atoms. The van der Waals surface area contributed by atoms with E-state index in [2.05, 4.69) is 15.4 Å². The molecular formula is C26H24ClN7O. The lowest BCUT2D eigenvalue weighted by Crippen LogP contribution is -2.14. The van der Waals surface area contributed by atoms with Gasteiger partial charge in [0.25, 0.3) is 5.91 Å². The van der Waals surface area contributed by atoms with E-state index in [9.17, 15) is 4.79 Å². The van der Waals surface area contributed by atoms with Crippen LogP contribution in [0, 0.1) is 0 Å². The summed E-state index contributed by atoms with van der Waals surface area (Å²) in [5.74, 6) is -0.219. The summed E-state index contributed by atoms with van der Waals surface area (Å²) in [7, 11) is 0. The Morgan fingerprint density at radius 1 is 1.03 bits per heavy atom. The highest BCUT2D eigenvalue weighted by Gasteiger charge is 2.25. The van der Waals surface area contributed by atoms with Crippen molar-refractivity contribution in [2.75, 3.05) is 5.32 Å². The number of carbonyl (C=O) groups excluding carboxylic acids is 1. The summed E-state index contributed by atoms with van der Waals surface area (Å²) in [4.78, 5) is 17.9. The van der Waals surface area contributed by atoms with Gasteiger partial charge in [-0.05, 0) is 62.1 Å². The van der Waals surface area contributed by atoms with Gasteiger partial charge in [-0.3, -0.25) is 9.48 Å². The number of halogens is 1. The highest BCUT2D eigenvalue weighted by molar-refractivity contribution is 6.30. The molecule has 0 spiro atoms. The molecular weight excluding hydrogens is 462 g/mol. The van der Waals surface area contributed by atoms with E-state index in [0.29, 0.717) is 22.9 Å². The summed E-state index contributed by atoms with van der Waals surface area (Å²) in [6.45, 7) is 0.512. The van der Waals surface area contributed by atoms with E-state index in [4.69, 9.17) is 16.7 Å². The number of rotatable bonds is 5. The molecule has 1 aliphatic carbocycles. The molecule has 0 aliphatic heterocycles. The van der Waals surface area contributed by atoms with Crippen LogP contribution >= 0.6 is 11.6 Å². The van der Waals surface area contributed by atoms with Crippen LogP contribution in [-0.2, 0) is 19.4 Å². The van der Waals surface area contributed by atoms with Crippen molar-refractivity contribution in [2.45, 2.75) is 38.6 Å². The monoisotopic (exact) mass is 485 g/mol. The van der Waals surface area contributed by atoms with E-state index in [0.717, 1.165) is 60.4 Å². The number of hydrogen-bond donors (Lipinski definition) is 1. The van der Waals surface area contributed by atoms with Gasteiger partial charge >= 0.3 is 0 Å². The number of fused-ring (bicyclic) bond motifs is 2. The maximum atomic E-state index is 13.3. The predicted molar refractivity (Wildman–Crippen MR) is 134 cm³/mol. The number of carbonyl (C=O) groups is 1. The molecule has 1 N–H and O–H groups in total. The Morgan fingerprint density at radius 3 is 2.74 bits per heavy atom. The van der Waals surface area contributed by atoms with Crippen molar-refractivity contribution in [3.8, 4) is 5.69 Å². The normalized spacial score (nSPS) is 13.5. The van der Waals surface area contributed by atoms with Gasteiger partial charge in [-0.25, -0.2) is 9.67 Å². The van der Waals surface area contributed by atoms with Crippen LogP contribution in [0.25, 0.3) is 11.3 Å². The predicted octanol–water partition coefficient (Wildman–Crippen LogP) is 4.94. The molecule has 4 aromatic heterocycles. The first kappa shape index (κ1) is 21.6. The maximum Gasteiger partial charge on any atom is 0.276 e. The van der Waals surface area contributed by atoms with Crippen molar-refractivity contribution in [3.63, 3.8) is 0 Å². The molecule has 176 valence electrons. The topological polar surface area (TPSA) is 82.0 Å². The van der Waals surface area contributed by atoms with Crippen molar-refractivity contribution in [2.24, 2.45) is 0 Å². The lowest BCUT2D eigenvalue weighted by molar-refractivity contribution is 0.102. The third-order valence-corrected chi connectivity index (χ3v) is 6.60. The molecule has 0 atom stereocenters. The van der Waals surface area contributed by atoms with E-state index in [1.807, 2.05) is 70.1 Å². The van der Waals surface area contributed by atoms with Gasteiger partial charge in [0, 0.05) is 34.9 Å². The average Bonchev–Trinajstić information content (AvgIpc) is 3.52. The summed E-state index contributed by atoms with van der Waals surface area (Å²) in [5, 5.41) is 12.8. The second kappa shape index (κ2) is 9.03. The Bertz CT molecular complexity index is 1480. The van der Waals surface area contributed by atoms with Gasteiger partial charge in [-0.2, -0.15) is 10.2 Å². The highest BCUT2D eigenvalue weighted by atomic mass is 35.5. The number of nitrogens with one attached hydrogen (secondary N) is 1. The molecule has 0 unspecified atom stereocenters. The van der Waals surface area contributed by atoms with Crippen molar-refractivity contribution in [1.82, 2.24) is 28.9 Å². The second-order valence-electron chi connectivity index (χ2n) is 8.80. The van der Waals surface area contributed by atoms with Crippen LogP contribution in [0.5, 0.6) is 0 Å². The van der Waals surface area contributed by atoms with Crippen molar-refractivity contribution >= 4 is 28.8 Å². The smallest absolute Gasteiger partial charge is 0.276 e. The van der Waals surface area contributed by atoms with Gasteiger partial charge in [-0.1, -0.05) is 24.1 Å². The summed E-state index contributed by atoms with van der Waals surface area (Å²) in [5.41, 5.74) is 5.94. The number of anilines is 1. The zero-order chi connectivity index (χ0) is 23.8. The molecule has 1 aliphatic rings. The number of nitrogens with zero attached hydrogens (tertiary/aromatic N) is 6. The van der Waals surface area contributed by atoms with Crippen LogP contribution in [-0.4, -0.2) is 34.9 Å². The first-order chi connectivity index (χ1) is 17.1. The summed E-state index contributed by atoms with van der Waals surface area (Å²) in [6.07, 6.45) is 12.4. The van der Waals surface area contributed by atoms with Crippen LogP contribution in [0.2, 0.25) is 5.02 Å². The third kappa shape index (κ3) is 4.33. The molecule has 5 aromatic rings. The minimum atomic E-state index is -0.219. The number of amides is 1. The molecule has 0 fully saturated rings. The molecule has 1 amide bonds. The Labute approximate surface area is 207 Å². The fraction of sp³-hybridized carbons (Fsp3) is 0.231. The molecule has 0 radical (unpaired) electrons. The molecule has 1 aromatic carbocycles. The second-order valence-corrected chi connectivity index (χ2v) is 9.24. The first-order valence-electron chi connectivity index (χ1n) is 11.8. The Kier molecular flexibility index (Phi) is 5.58. The lowest BCUT2D eigenvalue weighted by Gasteiger charge is -2.07. The van der Waals surface area contributed by atoms with Gasteiger partial charge in [-0.15, -0.1) is 0 Å². The number of benzene rings is 1. The van der Waals surface area contributed by atoms with Crippen molar-refractivity contribution in [3.05, 3.63) is 94.9 Å². The number of pyridine rings is 1. The van der Waals surface area contributed by atoms with Crippen molar-refractivity contribution in [1.29, 1.82) is 0 Å². The fourth-order valence-corrected chi connectivity index (χ4v) is 4.81. The lowest BCUT2D eigenvalue weighted by atomic mass is 10.1. The quantitative estimate of drug-likeness (QED) is 0.357. The minimum Gasteiger partial charge on any atom is -0.318 e. The van der Waals surface area contributed by atoms with Gasteiger partial charge in [0.2, 0.25) is 0 Å². The summed E-state index contributed by atoms with van der Waals surface area (Å²) in [6, 6.07) is 13.5. The standard InChI is InChI=1S/C26H24ClN7O/c27-18-9-11-21(12-10-18)34-23-7-3-1-2-6-22(23)25(31-34)26(35)30-19-14-28-33(16-19)17-20-15-32-13-5-4-8-24(32)29-20/h4-5,8-16H,1-3,6-7,17H2,(H,30,35). The SMILES string of the molecule is O=C(Nc1cnn(Cc2cn3ccccc3n2)c1)c1nn(-c2ccc(Cl)cc2)c2c1CCCCC2. The van der Waals surface area contributed by atoms with Crippen LogP contribution in [0.3, 0.4) is 0 Å². The van der Waals surface area contributed by atoms with Gasteiger partial charge in [0.15, 0.2) is 5.69 Å². The zero-order valence-electron chi connectivity index (χ0n) is 19.1.